The summed E-state index contributed by atoms with van der Waals surface area (Å²) >= 11 is 0. The maximum Gasteiger partial charge on any atom is 0.338 e. The summed E-state index contributed by atoms with van der Waals surface area (Å²) in [6, 6.07) is 8.95. The van der Waals surface area contributed by atoms with Crippen LogP contribution in [-0.4, -0.2) is 90.4 Å². The molecule has 11 nitrogen and oxygen atoms in total. The van der Waals surface area contributed by atoms with Crippen LogP contribution in [0.2, 0.25) is 0 Å². The summed E-state index contributed by atoms with van der Waals surface area (Å²) in [5.41, 5.74) is 0.536. The summed E-state index contributed by atoms with van der Waals surface area (Å²) in [5, 5.41) is 10.3. The second-order valence-electron chi connectivity index (χ2n) is 12.3. The van der Waals surface area contributed by atoms with Crippen molar-refractivity contribution in [1.29, 1.82) is 0 Å². The molecule has 40 heavy (non-hydrogen) atoms. The lowest BCUT2D eigenvalue weighted by molar-refractivity contribution is -0.232. The zero-order valence-electron chi connectivity index (χ0n) is 24.4. The van der Waals surface area contributed by atoms with Gasteiger partial charge in [-0.25, -0.2) is 4.79 Å². The zero-order valence-corrected chi connectivity index (χ0v) is 24.4. The van der Waals surface area contributed by atoms with Gasteiger partial charge in [0, 0.05) is 5.92 Å². The number of aliphatic hydroxyl groups is 1. The van der Waals surface area contributed by atoms with Crippen molar-refractivity contribution in [2.24, 2.45) is 5.92 Å². The lowest BCUT2D eigenvalue weighted by Gasteiger charge is -2.27. The van der Waals surface area contributed by atoms with E-state index in [9.17, 15) is 9.90 Å². The quantitative estimate of drug-likeness (QED) is 0.541. The Kier molecular flexibility index (Phi) is 8.10. The lowest BCUT2D eigenvalue weighted by Crippen LogP contribution is -2.42. The van der Waals surface area contributed by atoms with E-state index in [1.807, 2.05) is 59.7 Å². The van der Waals surface area contributed by atoms with E-state index in [0.717, 1.165) is 0 Å². The Morgan fingerprint density at radius 1 is 0.850 bits per heavy atom. The second kappa shape index (κ2) is 10.9. The summed E-state index contributed by atoms with van der Waals surface area (Å²) in [6.45, 7) is 15.3. The van der Waals surface area contributed by atoms with Crippen LogP contribution in [0.25, 0.3) is 0 Å². The Morgan fingerprint density at radius 3 is 2.00 bits per heavy atom. The minimum absolute atomic E-state index is 0.0883. The topological polar surface area (TPSA) is 120 Å². The Morgan fingerprint density at radius 2 is 1.45 bits per heavy atom. The molecule has 0 aromatic heterocycles. The van der Waals surface area contributed by atoms with Crippen molar-refractivity contribution >= 4 is 5.97 Å². The molecule has 1 N–H and O–H groups in total. The molecule has 1 aromatic carbocycles. The Bertz CT molecular complexity index is 1040. The lowest BCUT2D eigenvalue weighted by atomic mass is 9.97. The summed E-state index contributed by atoms with van der Waals surface area (Å²) < 4.78 is 51.1. The number of fused-ring (bicyclic) bond motifs is 2. The average molecular weight is 567 g/mol. The number of carbonyl (C=O) groups excluding carboxylic acids is 1. The molecule has 5 aliphatic heterocycles. The van der Waals surface area contributed by atoms with Crippen molar-refractivity contribution in [2.75, 3.05) is 6.61 Å². The Balaban J connectivity index is 0.000000164. The number of rotatable bonds is 4. The Hall–Kier alpha value is -1.67. The van der Waals surface area contributed by atoms with E-state index in [0.29, 0.717) is 12.2 Å². The monoisotopic (exact) mass is 566 g/mol. The van der Waals surface area contributed by atoms with Gasteiger partial charge < -0.3 is 47.7 Å². The van der Waals surface area contributed by atoms with Gasteiger partial charge in [0.15, 0.2) is 29.9 Å². The van der Waals surface area contributed by atoms with Gasteiger partial charge in [0.25, 0.3) is 0 Å². The van der Waals surface area contributed by atoms with Crippen molar-refractivity contribution in [3.63, 3.8) is 0 Å². The molecule has 0 saturated carbocycles. The maximum absolute atomic E-state index is 12.1. The summed E-state index contributed by atoms with van der Waals surface area (Å²) in [6.07, 6.45) is -3.66. The smallest absolute Gasteiger partial charge is 0.338 e. The molecule has 10 atom stereocenters. The fourth-order valence-corrected chi connectivity index (χ4v) is 5.80. The Labute approximate surface area is 235 Å². The van der Waals surface area contributed by atoms with E-state index in [4.69, 9.17) is 42.6 Å². The molecule has 5 saturated heterocycles. The highest BCUT2D eigenvalue weighted by molar-refractivity contribution is 5.89. The number of ether oxygens (including phenoxy) is 9. The van der Waals surface area contributed by atoms with Crippen molar-refractivity contribution in [3.8, 4) is 0 Å². The van der Waals surface area contributed by atoms with Gasteiger partial charge in [-0.1, -0.05) is 25.1 Å². The summed E-state index contributed by atoms with van der Waals surface area (Å²) in [4.78, 5) is 12.1. The van der Waals surface area contributed by atoms with E-state index >= 15 is 0 Å². The molecular weight excluding hydrogens is 524 g/mol. The van der Waals surface area contributed by atoms with Gasteiger partial charge in [-0.15, -0.1) is 0 Å². The van der Waals surface area contributed by atoms with E-state index < -0.39 is 48.3 Å². The molecule has 0 bridgehead atoms. The van der Waals surface area contributed by atoms with E-state index in [2.05, 4.69) is 0 Å². The zero-order chi connectivity index (χ0) is 29.0. The largest absolute Gasteiger partial charge is 0.456 e. The molecular formula is C29H42O11. The number of carbonyl (C=O) groups is 1. The van der Waals surface area contributed by atoms with Crippen molar-refractivity contribution in [3.05, 3.63) is 35.9 Å². The normalized spacial score (nSPS) is 41.1. The van der Waals surface area contributed by atoms with Crippen LogP contribution in [0, 0.1) is 5.92 Å². The van der Waals surface area contributed by atoms with E-state index in [1.54, 1.807) is 26.0 Å². The number of benzene rings is 1. The molecule has 0 spiro atoms. The van der Waals surface area contributed by atoms with Gasteiger partial charge in [-0.2, -0.15) is 0 Å². The number of aliphatic hydroxyl groups excluding tert-OH is 1. The van der Waals surface area contributed by atoms with Crippen molar-refractivity contribution < 1.29 is 52.5 Å². The van der Waals surface area contributed by atoms with E-state index in [1.165, 1.54) is 0 Å². The van der Waals surface area contributed by atoms with Crippen LogP contribution in [0.1, 0.15) is 65.7 Å². The third kappa shape index (κ3) is 6.23. The third-order valence-electron chi connectivity index (χ3n) is 7.63. The summed E-state index contributed by atoms with van der Waals surface area (Å²) in [7, 11) is 0. The predicted octanol–water partition coefficient (Wildman–Crippen LogP) is 3.12. The molecule has 0 aliphatic carbocycles. The maximum atomic E-state index is 12.1. The van der Waals surface area contributed by atoms with Gasteiger partial charge in [-0.05, 0) is 60.6 Å². The number of esters is 1. The average Bonchev–Trinajstić information content (AvgIpc) is 3.62. The molecule has 0 amide bonds. The fourth-order valence-electron chi connectivity index (χ4n) is 5.80. The van der Waals surface area contributed by atoms with Crippen LogP contribution in [-0.2, 0) is 42.6 Å². The van der Waals surface area contributed by atoms with Crippen LogP contribution in [0.3, 0.4) is 0 Å². The molecule has 6 rings (SSSR count). The minimum atomic E-state index is -0.765. The highest BCUT2D eigenvalue weighted by Gasteiger charge is 2.58. The molecule has 1 aromatic rings. The standard InChI is InChI=1S/C17H22O5.C12H20O6/c1-10-13(20-16-14(10)21-17(3,4)22-16)11(2)19-15(18)12-8-6-5-7-9-12;1-11(2)14-5-6(16-11)8-7(13)9-10(15-8)18-12(3,4)17-9/h5-11,13-14,16H,1-4H3;6-10,13H,5H2,1-4H3/t10-,11?,13+,14-,16-;6?,7-,8-,9-,10-/m11/s1. The van der Waals surface area contributed by atoms with Crippen LogP contribution in [0.15, 0.2) is 30.3 Å². The van der Waals surface area contributed by atoms with Crippen LogP contribution < -0.4 is 0 Å². The molecule has 5 aliphatic rings. The molecule has 0 radical (unpaired) electrons. The highest BCUT2D eigenvalue weighted by atomic mass is 16.9. The van der Waals surface area contributed by atoms with Crippen LogP contribution >= 0.6 is 0 Å². The third-order valence-corrected chi connectivity index (χ3v) is 7.63. The number of hydrogen-bond acceptors (Lipinski definition) is 11. The molecule has 224 valence electrons. The molecule has 5 heterocycles. The minimum Gasteiger partial charge on any atom is -0.456 e. The van der Waals surface area contributed by atoms with Gasteiger partial charge in [-0.3, -0.25) is 0 Å². The SMILES string of the molecule is CC(OC(=O)c1ccccc1)[C@H]1O[C@@H]2OC(C)(C)O[C@@H]2[C@@H]1C.CC1(C)OCC([C@H]2O[C@@H]3OC(C)(C)O[C@@H]3[C@@H]2O)O1. The van der Waals surface area contributed by atoms with E-state index in [-0.39, 0.29) is 36.3 Å². The molecule has 5 fully saturated rings. The van der Waals surface area contributed by atoms with Gasteiger partial charge in [0.2, 0.25) is 0 Å². The highest BCUT2D eigenvalue weighted by Crippen LogP contribution is 2.42. The van der Waals surface area contributed by atoms with Crippen molar-refractivity contribution in [2.45, 2.75) is 128 Å². The number of hydrogen-bond donors (Lipinski definition) is 1. The van der Waals surface area contributed by atoms with Gasteiger partial charge >= 0.3 is 5.97 Å². The second-order valence-corrected chi connectivity index (χ2v) is 12.3. The first-order valence-electron chi connectivity index (χ1n) is 13.9. The van der Waals surface area contributed by atoms with Gasteiger partial charge in [0.05, 0.1) is 12.2 Å². The first-order chi connectivity index (χ1) is 18.6. The first-order valence-corrected chi connectivity index (χ1v) is 13.9. The molecule has 2 unspecified atom stereocenters. The fraction of sp³-hybridized carbons (Fsp3) is 0.759. The van der Waals surface area contributed by atoms with Gasteiger partial charge in [0.1, 0.15) is 42.7 Å². The van der Waals surface area contributed by atoms with Crippen LogP contribution in [0.4, 0.5) is 0 Å². The summed E-state index contributed by atoms with van der Waals surface area (Å²) in [5.74, 6) is -2.23. The molecule has 11 heteroatoms. The first kappa shape index (κ1) is 29.8. The predicted molar refractivity (Wildman–Crippen MR) is 139 cm³/mol. The van der Waals surface area contributed by atoms with Crippen LogP contribution in [0.5, 0.6) is 0 Å². The van der Waals surface area contributed by atoms with Crippen molar-refractivity contribution in [1.82, 2.24) is 0 Å².